The van der Waals surface area contributed by atoms with E-state index in [1.165, 1.54) is 6.07 Å². The van der Waals surface area contributed by atoms with E-state index < -0.39 is 24.7 Å². The molecular weight excluding hydrogens is 334 g/mol. The molecule has 1 unspecified atom stereocenters. The highest BCUT2D eigenvalue weighted by Crippen LogP contribution is 2.27. The Labute approximate surface area is 144 Å². The fourth-order valence-corrected chi connectivity index (χ4v) is 3.03. The van der Waals surface area contributed by atoms with Crippen molar-refractivity contribution in [3.05, 3.63) is 29.8 Å². The summed E-state index contributed by atoms with van der Waals surface area (Å²) in [5.41, 5.74) is 0.451. The molecule has 3 N–H and O–H groups in total. The summed E-state index contributed by atoms with van der Waals surface area (Å²) in [5.74, 6) is -1.13. The zero-order chi connectivity index (χ0) is 18.4. The standard InChI is InChI=1S/C17H22F2N2O4/c1-10(13-4-2-3-5-14(13)25-16(18)19)20-17(24)21-12-8-6-11(7-9-12)15(22)23/h2-5,10-12,16H,6-9H2,1H3,(H,22,23)(H2,20,21,24). The molecule has 1 saturated carbocycles. The maximum absolute atomic E-state index is 12.5. The average Bonchev–Trinajstić information content (AvgIpc) is 2.55. The molecule has 2 rings (SSSR count). The normalized spacial score (nSPS) is 21.4. The van der Waals surface area contributed by atoms with E-state index in [1.54, 1.807) is 25.1 Å². The molecule has 0 bridgehead atoms. The lowest BCUT2D eigenvalue weighted by atomic mass is 9.86. The van der Waals surface area contributed by atoms with Crippen molar-refractivity contribution in [2.45, 2.75) is 51.3 Å². The number of carbonyl (C=O) groups is 2. The first kappa shape index (κ1) is 19.0. The van der Waals surface area contributed by atoms with Gasteiger partial charge in [0.05, 0.1) is 12.0 Å². The van der Waals surface area contributed by atoms with Crippen molar-refractivity contribution in [1.82, 2.24) is 10.6 Å². The van der Waals surface area contributed by atoms with Crippen LogP contribution in [0, 0.1) is 5.92 Å². The smallest absolute Gasteiger partial charge is 0.387 e. The van der Waals surface area contributed by atoms with Crippen LogP contribution in [0.25, 0.3) is 0 Å². The maximum atomic E-state index is 12.5. The molecule has 8 heteroatoms. The third kappa shape index (κ3) is 5.58. The summed E-state index contributed by atoms with van der Waals surface area (Å²) in [6.07, 6.45) is 2.26. The van der Waals surface area contributed by atoms with E-state index in [1.807, 2.05) is 0 Å². The molecule has 0 saturated heterocycles. The minimum Gasteiger partial charge on any atom is -0.481 e. The Hall–Kier alpha value is -2.38. The molecule has 1 aromatic carbocycles. The SMILES string of the molecule is CC(NC(=O)NC1CCC(C(=O)O)CC1)c1ccccc1OC(F)F. The van der Waals surface area contributed by atoms with Crippen LogP contribution in [0.4, 0.5) is 13.6 Å². The number of aliphatic carboxylic acids is 1. The number of carboxylic acid groups (broad SMARTS) is 1. The van der Waals surface area contributed by atoms with Crippen LogP contribution in [0.3, 0.4) is 0 Å². The van der Waals surface area contributed by atoms with Crippen molar-refractivity contribution < 1.29 is 28.2 Å². The van der Waals surface area contributed by atoms with Gasteiger partial charge in [0.1, 0.15) is 5.75 Å². The minimum absolute atomic E-state index is 0.0206. The number of urea groups is 1. The predicted molar refractivity (Wildman–Crippen MR) is 86.5 cm³/mol. The second-order valence-electron chi connectivity index (χ2n) is 6.14. The van der Waals surface area contributed by atoms with Crippen LogP contribution in [0.1, 0.15) is 44.2 Å². The van der Waals surface area contributed by atoms with Crippen molar-refractivity contribution >= 4 is 12.0 Å². The molecule has 1 aliphatic rings. The van der Waals surface area contributed by atoms with Gasteiger partial charge in [0.25, 0.3) is 0 Å². The predicted octanol–water partition coefficient (Wildman–Crippen LogP) is 3.29. The number of halogens is 2. The van der Waals surface area contributed by atoms with Gasteiger partial charge < -0.3 is 20.5 Å². The molecular formula is C17H22F2N2O4. The minimum atomic E-state index is -2.94. The second-order valence-corrected chi connectivity index (χ2v) is 6.14. The lowest BCUT2D eigenvalue weighted by Crippen LogP contribution is -2.44. The van der Waals surface area contributed by atoms with Gasteiger partial charge in [0, 0.05) is 11.6 Å². The Balaban J connectivity index is 1.88. The topological polar surface area (TPSA) is 87.7 Å². The summed E-state index contributed by atoms with van der Waals surface area (Å²) in [6.45, 7) is -1.26. The van der Waals surface area contributed by atoms with Crippen LogP contribution in [-0.2, 0) is 4.79 Å². The number of hydrogen-bond acceptors (Lipinski definition) is 3. The number of rotatable bonds is 6. The maximum Gasteiger partial charge on any atom is 0.387 e. The monoisotopic (exact) mass is 356 g/mol. The first-order chi connectivity index (χ1) is 11.9. The number of ether oxygens (including phenoxy) is 1. The summed E-state index contributed by atoms with van der Waals surface area (Å²) >= 11 is 0. The quantitative estimate of drug-likeness (QED) is 0.730. The second kappa shape index (κ2) is 8.64. The van der Waals surface area contributed by atoms with E-state index in [4.69, 9.17) is 5.11 Å². The highest BCUT2D eigenvalue weighted by molar-refractivity contribution is 5.75. The van der Waals surface area contributed by atoms with Crippen molar-refractivity contribution in [2.24, 2.45) is 5.92 Å². The summed E-state index contributed by atoms with van der Waals surface area (Å²) < 4.78 is 29.4. The number of amides is 2. The van der Waals surface area contributed by atoms with Gasteiger partial charge >= 0.3 is 18.6 Å². The van der Waals surface area contributed by atoms with Gasteiger partial charge in [-0.1, -0.05) is 18.2 Å². The van der Waals surface area contributed by atoms with Gasteiger partial charge in [0.2, 0.25) is 0 Å². The van der Waals surface area contributed by atoms with Crippen LogP contribution in [0.2, 0.25) is 0 Å². The Bertz CT molecular complexity index is 604. The molecule has 0 radical (unpaired) electrons. The van der Waals surface area contributed by atoms with Gasteiger partial charge in [-0.3, -0.25) is 4.79 Å². The van der Waals surface area contributed by atoms with Crippen LogP contribution < -0.4 is 15.4 Å². The number of carbonyl (C=O) groups excluding carboxylic acids is 1. The Morgan fingerprint density at radius 2 is 1.84 bits per heavy atom. The van der Waals surface area contributed by atoms with Crippen molar-refractivity contribution in [3.8, 4) is 5.75 Å². The zero-order valence-corrected chi connectivity index (χ0v) is 13.9. The lowest BCUT2D eigenvalue weighted by Gasteiger charge is -2.27. The highest BCUT2D eigenvalue weighted by Gasteiger charge is 2.27. The lowest BCUT2D eigenvalue weighted by molar-refractivity contribution is -0.142. The highest BCUT2D eigenvalue weighted by atomic mass is 19.3. The summed E-state index contributed by atoms with van der Waals surface area (Å²) in [4.78, 5) is 23.0. The number of para-hydroxylation sites is 1. The molecule has 138 valence electrons. The average molecular weight is 356 g/mol. The molecule has 2 amide bonds. The Morgan fingerprint density at radius 1 is 1.20 bits per heavy atom. The van der Waals surface area contributed by atoms with Gasteiger partial charge in [0.15, 0.2) is 0 Å². The fourth-order valence-electron chi connectivity index (χ4n) is 3.03. The molecule has 0 aromatic heterocycles. The summed E-state index contributed by atoms with van der Waals surface area (Å²) in [6, 6.07) is 5.26. The van der Waals surface area contributed by atoms with Crippen LogP contribution in [-0.4, -0.2) is 29.8 Å². The van der Waals surface area contributed by atoms with E-state index in [0.717, 1.165) is 0 Å². The van der Waals surface area contributed by atoms with Crippen LogP contribution in [0.15, 0.2) is 24.3 Å². The van der Waals surface area contributed by atoms with Gasteiger partial charge in [-0.15, -0.1) is 0 Å². The van der Waals surface area contributed by atoms with Crippen LogP contribution >= 0.6 is 0 Å². The fraction of sp³-hybridized carbons (Fsp3) is 0.529. The van der Waals surface area contributed by atoms with E-state index in [2.05, 4.69) is 15.4 Å². The Kier molecular flexibility index (Phi) is 6.55. The molecule has 0 heterocycles. The van der Waals surface area contributed by atoms with E-state index in [9.17, 15) is 18.4 Å². The van der Waals surface area contributed by atoms with Crippen molar-refractivity contribution in [2.75, 3.05) is 0 Å². The molecule has 25 heavy (non-hydrogen) atoms. The third-order valence-electron chi connectivity index (χ3n) is 4.36. The molecule has 0 aliphatic heterocycles. The largest absolute Gasteiger partial charge is 0.481 e. The number of hydrogen-bond donors (Lipinski definition) is 3. The van der Waals surface area contributed by atoms with Gasteiger partial charge in [-0.25, -0.2) is 4.79 Å². The van der Waals surface area contributed by atoms with Crippen molar-refractivity contribution in [3.63, 3.8) is 0 Å². The first-order valence-electron chi connectivity index (χ1n) is 8.20. The van der Waals surface area contributed by atoms with E-state index in [-0.39, 0.29) is 17.7 Å². The third-order valence-corrected chi connectivity index (χ3v) is 4.36. The van der Waals surface area contributed by atoms with E-state index in [0.29, 0.717) is 31.2 Å². The number of alkyl halides is 2. The molecule has 1 aromatic rings. The van der Waals surface area contributed by atoms with E-state index >= 15 is 0 Å². The summed E-state index contributed by atoms with van der Waals surface area (Å²) in [7, 11) is 0. The Morgan fingerprint density at radius 3 is 2.44 bits per heavy atom. The molecule has 1 aliphatic carbocycles. The summed E-state index contributed by atoms with van der Waals surface area (Å²) in [5, 5.41) is 14.5. The molecule has 1 fully saturated rings. The number of nitrogens with one attached hydrogen (secondary N) is 2. The molecule has 1 atom stereocenters. The van der Waals surface area contributed by atoms with Crippen molar-refractivity contribution in [1.29, 1.82) is 0 Å². The molecule has 0 spiro atoms. The number of carboxylic acids is 1. The van der Waals surface area contributed by atoms with Gasteiger partial charge in [-0.2, -0.15) is 8.78 Å². The number of benzene rings is 1. The molecule has 6 nitrogen and oxygen atoms in total. The van der Waals surface area contributed by atoms with Crippen LogP contribution in [0.5, 0.6) is 5.75 Å². The van der Waals surface area contributed by atoms with Gasteiger partial charge in [-0.05, 0) is 38.7 Å². The zero-order valence-electron chi connectivity index (χ0n) is 13.9. The first-order valence-corrected chi connectivity index (χ1v) is 8.20.